The number of likely N-dealkylation sites (tertiary alicyclic amines) is 1. The normalized spacial score (nSPS) is 22.1. The number of hydrogen-bond donors (Lipinski definition) is 2. The van der Waals surface area contributed by atoms with Crippen molar-refractivity contribution in [1.29, 1.82) is 0 Å². The van der Waals surface area contributed by atoms with Crippen molar-refractivity contribution < 1.29 is 5.11 Å². The van der Waals surface area contributed by atoms with Crippen molar-refractivity contribution >= 4 is 17.2 Å². The minimum Gasteiger partial charge on any atom is -0.507 e. The number of phenols is 1. The summed E-state index contributed by atoms with van der Waals surface area (Å²) in [5.74, 6) is 7.16. The largest absolute Gasteiger partial charge is 0.507 e. The summed E-state index contributed by atoms with van der Waals surface area (Å²) < 4.78 is 0. The molecule has 2 aromatic heterocycles. The molecule has 37 heavy (non-hydrogen) atoms. The average Bonchev–Trinajstić information content (AvgIpc) is 3.09. The van der Waals surface area contributed by atoms with Gasteiger partial charge in [0.2, 0.25) is 0 Å². The number of hydrogen-bond acceptors (Lipinski definition) is 8. The fraction of sp³-hybridized carbons (Fsp3) is 0.414. The first-order chi connectivity index (χ1) is 17.9. The van der Waals surface area contributed by atoms with Crippen molar-refractivity contribution in [2.75, 3.05) is 41.7 Å². The molecule has 5 rings (SSSR count). The Morgan fingerprint density at radius 1 is 1.00 bits per heavy atom. The van der Waals surface area contributed by atoms with E-state index >= 15 is 0 Å². The second kappa shape index (κ2) is 10.7. The fourth-order valence-corrected chi connectivity index (χ4v) is 5.41. The van der Waals surface area contributed by atoms with Crippen LogP contribution in [0.25, 0.3) is 11.3 Å². The van der Waals surface area contributed by atoms with Crippen molar-refractivity contribution in [2.24, 2.45) is 0 Å². The van der Waals surface area contributed by atoms with Crippen LogP contribution in [0.2, 0.25) is 0 Å². The van der Waals surface area contributed by atoms with Crippen LogP contribution in [0.4, 0.5) is 17.2 Å². The Morgan fingerprint density at radius 3 is 2.59 bits per heavy atom. The fourth-order valence-electron chi connectivity index (χ4n) is 5.41. The van der Waals surface area contributed by atoms with Crippen molar-refractivity contribution in [1.82, 2.24) is 20.1 Å². The summed E-state index contributed by atoms with van der Waals surface area (Å²) in [5, 5.41) is 18.7. The zero-order valence-electron chi connectivity index (χ0n) is 21.8. The van der Waals surface area contributed by atoms with Crippen LogP contribution in [0.15, 0.2) is 48.7 Å². The first kappa shape index (κ1) is 24.8. The number of rotatable bonds is 4. The molecule has 0 saturated carbocycles. The number of aromatic hydroxyl groups is 1. The number of nitrogens with zero attached hydrogens (tertiary/aromatic N) is 6. The van der Waals surface area contributed by atoms with Crippen LogP contribution in [0.3, 0.4) is 0 Å². The summed E-state index contributed by atoms with van der Waals surface area (Å²) in [5.41, 5.74) is 10.3. The first-order valence-corrected chi connectivity index (χ1v) is 13.0. The number of para-hydroxylation sites is 1. The van der Waals surface area contributed by atoms with Gasteiger partial charge in [-0.1, -0.05) is 18.1 Å². The molecule has 2 aliphatic heterocycles. The van der Waals surface area contributed by atoms with E-state index in [0.29, 0.717) is 35.2 Å². The average molecular weight is 498 g/mol. The lowest BCUT2D eigenvalue weighted by atomic mass is 9.96. The summed E-state index contributed by atoms with van der Waals surface area (Å²) in [6, 6.07) is 14.8. The van der Waals surface area contributed by atoms with Gasteiger partial charge >= 0.3 is 0 Å². The van der Waals surface area contributed by atoms with E-state index in [-0.39, 0.29) is 5.75 Å². The van der Waals surface area contributed by atoms with Crippen molar-refractivity contribution in [3.8, 4) is 28.8 Å². The molecule has 2 saturated heterocycles. The standard InChI is InChI=1S/C29H35N7O/c1-20-11-14-34(27-19-26(32-33-29(27)30)25-8-4-5-9-28(25)37)15-16-36(20)24-10-12-31-23(18-24)7-6-13-35-21(2)17-22(35)3/h4-5,8-10,12,18-22,37H,11,13-17H2,1-3H3,(H2,30,33)/t20-,21-,22+/m1/s1. The lowest BCUT2D eigenvalue weighted by Gasteiger charge is -2.44. The number of nitrogen functional groups attached to an aromatic ring is 1. The topological polar surface area (TPSA) is 94.6 Å². The van der Waals surface area contributed by atoms with Gasteiger partial charge in [0.05, 0.1) is 17.9 Å². The van der Waals surface area contributed by atoms with Crippen molar-refractivity contribution in [2.45, 2.75) is 51.7 Å². The van der Waals surface area contributed by atoms with Crippen LogP contribution in [-0.4, -0.2) is 69.5 Å². The third kappa shape index (κ3) is 5.32. The maximum absolute atomic E-state index is 10.3. The Morgan fingerprint density at radius 2 is 1.81 bits per heavy atom. The summed E-state index contributed by atoms with van der Waals surface area (Å²) in [4.78, 5) is 11.6. The van der Waals surface area contributed by atoms with Crippen LogP contribution in [-0.2, 0) is 0 Å². The van der Waals surface area contributed by atoms with E-state index in [1.165, 1.54) is 6.42 Å². The number of benzene rings is 1. The van der Waals surface area contributed by atoms with E-state index < -0.39 is 0 Å². The van der Waals surface area contributed by atoms with E-state index in [0.717, 1.165) is 49.7 Å². The third-order valence-electron chi connectivity index (χ3n) is 7.65. The molecular formula is C29H35N7O. The second-order valence-electron chi connectivity index (χ2n) is 10.1. The van der Waals surface area contributed by atoms with Gasteiger partial charge in [-0.15, -0.1) is 10.2 Å². The molecule has 0 unspecified atom stereocenters. The number of aromatic nitrogens is 3. The maximum Gasteiger partial charge on any atom is 0.169 e. The molecule has 4 heterocycles. The van der Waals surface area contributed by atoms with Crippen LogP contribution in [0.5, 0.6) is 5.75 Å². The predicted octanol–water partition coefficient (Wildman–Crippen LogP) is 3.77. The van der Waals surface area contributed by atoms with Gasteiger partial charge < -0.3 is 20.6 Å². The quantitative estimate of drug-likeness (QED) is 0.526. The molecule has 8 heteroatoms. The second-order valence-corrected chi connectivity index (χ2v) is 10.1. The minimum absolute atomic E-state index is 0.175. The summed E-state index contributed by atoms with van der Waals surface area (Å²) in [6.45, 7) is 10.0. The zero-order valence-corrected chi connectivity index (χ0v) is 21.8. The highest BCUT2D eigenvalue weighted by Gasteiger charge is 2.30. The van der Waals surface area contributed by atoms with Gasteiger partial charge in [0, 0.05) is 55.2 Å². The van der Waals surface area contributed by atoms with Crippen molar-refractivity contribution in [3.05, 3.63) is 54.4 Å². The van der Waals surface area contributed by atoms with Gasteiger partial charge in [0.15, 0.2) is 5.82 Å². The monoisotopic (exact) mass is 497 g/mol. The molecule has 0 spiro atoms. The molecule has 0 bridgehead atoms. The predicted molar refractivity (Wildman–Crippen MR) is 149 cm³/mol. The molecule has 192 valence electrons. The number of pyridine rings is 1. The molecule has 1 aromatic carbocycles. The van der Waals surface area contributed by atoms with Gasteiger partial charge in [0.25, 0.3) is 0 Å². The Kier molecular flexibility index (Phi) is 7.15. The third-order valence-corrected chi connectivity index (χ3v) is 7.65. The van der Waals surface area contributed by atoms with Gasteiger partial charge in [-0.3, -0.25) is 4.90 Å². The SMILES string of the molecule is C[C@@H]1CCN(c2cc(-c3ccccc3O)nnc2N)CCN1c1ccnc(C#CCN2[C@H](C)C[C@@H]2C)c1. The van der Waals surface area contributed by atoms with Crippen LogP contribution < -0.4 is 15.5 Å². The van der Waals surface area contributed by atoms with E-state index in [2.05, 4.69) is 74.6 Å². The van der Waals surface area contributed by atoms with E-state index in [4.69, 9.17) is 5.73 Å². The van der Waals surface area contributed by atoms with Gasteiger partial charge in [-0.25, -0.2) is 4.98 Å². The lowest BCUT2D eigenvalue weighted by Crippen LogP contribution is -2.52. The number of anilines is 3. The van der Waals surface area contributed by atoms with E-state index in [1.807, 2.05) is 24.4 Å². The Balaban J connectivity index is 1.31. The lowest BCUT2D eigenvalue weighted by molar-refractivity contribution is 0.0540. The molecule has 2 aliphatic rings. The molecule has 3 aromatic rings. The Labute approximate surface area is 219 Å². The summed E-state index contributed by atoms with van der Waals surface area (Å²) in [7, 11) is 0. The van der Waals surface area contributed by atoms with Gasteiger partial charge in [0.1, 0.15) is 11.4 Å². The Hall–Kier alpha value is -3.83. The van der Waals surface area contributed by atoms with Gasteiger partial charge in [-0.05, 0) is 69.9 Å². The van der Waals surface area contributed by atoms with E-state index in [9.17, 15) is 5.11 Å². The van der Waals surface area contributed by atoms with Crippen LogP contribution in [0, 0.1) is 11.8 Å². The Bertz CT molecular complexity index is 1310. The summed E-state index contributed by atoms with van der Waals surface area (Å²) in [6.07, 6.45) is 4.06. The first-order valence-electron chi connectivity index (χ1n) is 13.0. The molecule has 3 atom stereocenters. The highest BCUT2D eigenvalue weighted by molar-refractivity contribution is 5.74. The van der Waals surface area contributed by atoms with E-state index in [1.54, 1.807) is 12.1 Å². The van der Waals surface area contributed by atoms with Crippen LogP contribution >= 0.6 is 0 Å². The zero-order chi connectivity index (χ0) is 25.9. The highest BCUT2D eigenvalue weighted by Crippen LogP contribution is 2.32. The summed E-state index contributed by atoms with van der Waals surface area (Å²) >= 11 is 0. The minimum atomic E-state index is 0.175. The molecule has 0 radical (unpaired) electrons. The molecule has 2 fully saturated rings. The molecule has 0 amide bonds. The molecular weight excluding hydrogens is 462 g/mol. The van der Waals surface area contributed by atoms with Gasteiger partial charge in [-0.2, -0.15) is 0 Å². The molecule has 0 aliphatic carbocycles. The smallest absolute Gasteiger partial charge is 0.169 e. The maximum atomic E-state index is 10.3. The van der Waals surface area contributed by atoms with Crippen LogP contribution in [0.1, 0.15) is 39.3 Å². The number of nitrogens with two attached hydrogens (primary N) is 1. The molecule has 3 N–H and O–H groups in total. The highest BCUT2D eigenvalue weighted by atomic mass is 16.3. The number of phenolic OH excluding ortho intramolecular Hbond substituents is 1. The van der Waals surface area contributed by atoms with Crippen molar-refractivity contribution in [3.63, 3.8) is 0 Å². The molecule has 8 nitrogen and oxygen atoms in total.